The van der Waals surface area contributed by atoms with Crippen LogP contribution >= 0.6 is 0 Å². The first-order chi connectivity index (χ1) is 8.68. The summed E-state index contributed by atoms with van der Waals surface area (Å²) >= 11 is 0. The van der Waals surface area contributed by atoms with Crippen molar-refractivity contribution in [2.45, 2.75) is 19.3 Å². The molecule has 1 heterocycles. The molecule has 0 saturated carbocycles. The summed E-state index contributed by atoms with van der Waals surface area (Å²) in [6.07, 6.45) is 2.02. The summed E-state index contributed by atoms with van der Waals surface area (Å²) in [6, 6.07) is 3.58. The van der Waals surface area contributed by atoms with Gasteiger partial charge in [-0.2, -0.15) is 0 Å². The van der Waals surface area contributed by atoms with Crippen LogP contribution in [0, 0.1) is 0 Å². The van der Waals surface area contributed by atoms with Gasteiger partial charge in [0.2, 0.25) is 5.91 Å². The van der Waals surface area contributed by atoms with Crippen LogP contribution < -0.4 is 16.8 Å². The van der Waals surface area contributed by atoms with Crippen LogP contribution in [0.25, 0.3) is 11.0 Å². The maximum absolute atomic E-state index is 10.6. The molecule has 0 aliphatic heterocycles. The zero-order chi connectivity index (χ0) is 13.0. The van der Waals surface area contributed by atoms with Crippen molar-refractivity contribution in [3.63, 3.8) is 0 Å². The summed E-state index contributed by atoms with van der Waals surface area (Å²) in [5, 5.41) is 10.7. The Morgan fingerprint density at radius 1 is 1.28 bits per heavy atom. The second-order valence-electron chi connectivity index (χ2n) is 4.01. The van der Waals surface area contributed by atoms with E-state index in [1.165, 1.54) is 0 Å². The van der Waals surface area contributed by atoms with Crippen LogP contribution in [0.15, 0.2) is 16.8 Å². The normalized spacial score (nSPS) is 10.7. The number of aromatic nitrogens is 2. The van der Waals surface area contributed by atoms with Gasteiger partial charge >= 0.3 is 0 Å². The highest BCUT2D eigenvalue weighted by Gasteiger charge is 2.09. The van der Waals surface area contributed by atoms with Crippen LogP contribution in [0.3, 0.4) is 0 Å². The Morgan fingerprint density at radius 3 is 2.83 bits per heavy atom. The van der Waals surface area contributed by atoms with Crippen molar-refractivity contribution in [2.75, 3.05) is 17.6 Å². The Balaban J connectivity index is 1.94. The van der Waals surface area contributed by atoms with Crippen LogP contribution in [-0.4, -0.2) is 22.8 Å². The predicted octanol–water partition coefficient (Wildman–Crippen LogP) is 0.872. The molecule has 1 aromatic heterocycles. The van der Waals surface area contributed by atoms with E-state index in [-0.39, 0.29) is 5.91 Å². The number of hydrogen-bond donors (Lipinski definition) is 3. The van der Waals surface area contributed by atoms with E-state index in [1.54, 1.807) is 6.07 Å². The number of carbonyl (C=O) groups is 1. The highest BCUT2D eigenvalue weighted by Crippen LogP contribution is 2.24. The lowest BCUT2D eigenvalue weighted by Crippen LogP contribution is -2.11. The number of hydrogen-bond acceptors (Lipinski definition) is 6. The summed E-state index contributed by atoms with van der Waals surface area (Å²) in [5.74, 6) is -0.273. The molecule has 0 aliphatic carbocycles. The Bertz CT molecular complexity index is 551. The minimum Gasteiger partial charge on any atom is -0.397 e. The average Bonchev–Trinajstić information content (AvgIpc) is 2.81. The van der Waals surface area contributed by atoms with Gasteiger partial charge in [-0.3, -0.25) is 4.79 Å². The molecule has 2 rings (SSSR count). The quantitative estimate of drug-likeness (QED) is 0.516. The van der Waals surface area contributed by atoms with Gasteiger partial charge < -0.3 is 16.8 Å². The number of carbonyl (C=O) groups excluding carboxylic acids is 1. The van der Waals surface area contributed by atoms with Gasteiger partial charge in [0.15, 0.2) is 11.0 Å². The van der Waals surface area contributed by atoms with E-state index in [4.69, 9.17) is 11.5 Å². The molecule has 0 unspecified atom stereocenters. The third kappa shape index (κ3) is 2.68. The molecule has 18 heavy (non-hydrogen) atoms. The van der Waals surface area contributed by atoms with E-state index in [9.17, 15) is 4.79 Å². The van der Waals surface area contributed by atoms with Gasteiger partial charge in [-0.05, 0) is 35.3 Å². The molecular weight excluding hydrogens is 234 g/mol. The van der Waals surface area contributed by atoms with E-state index >= 15 is 0 Å². The summed E-state index contributed by atoms with van der Waals surface area (Å²) in [4.78, 5) is 10.6. The number of primary amides is 1. The minimum atomic E-state index is -0.273. The number of fused-ring (bicyclic) bond motifs is 1. The monoisotopic (exact) mass is 249 g/mol. The molecule has 0 bridgehead atoms. The number of nitrogens with one attached hydrogen (secondary N) is 1. The lowest BCUT2D eigenvalue weighted by atomic mass is 10.2. The molecule has 96 valence electrons. The number of benzene rings is 1. The minimum absolute atomic E-state index is 0.273. The van der Waals surface area contributed by atoms with Crippen molar-refractivity contribution in [1.82, 2.24) is 10.3 Å². The molecule has 0 atom stereocenters. The third-order valence-corrected chi connectivity index (χ3v) is 2.61. The molecular formula is C11H15N5O2. The van der Waals surface area contributed by atoms with Gasteiger partial charge in [0, 0.05) is 13.0 Å². The highest BCUT2D eigenvalue weighted by atomic mass is 16.6. The molecule has 0 aliphatic rings. The lowest BCUT2D eigenvalue weighted by molar-refractivity contribution is -0.118. The lowest BCUT2D eigenvalue weighted by Gasteiger charge is -2.06. The topological polar surface area (TPSA) is 120 Å². The van der Waals surface area contributed by atoms with Gasteiger partial charge in [0.1, 0.15) is 0 Å². The highest BCUT2D eigenvalue weighted by molar-refractivity contribution is 5.94. The number of anilines is 2. The number of unbranched alkanes of at least 4 members (excludes halogenated alkanes) is 1. The Kier molecular flexibility index (Phi) is 3.61. The molecule has 1 aromatic carbocycles. The fourth-order valence-electron chi connectivity index (χ4n) is 1.68. The van der Waals surface area contributed by atoms with Crippen LogP contribution in [0.1, 0.15) is 19.3 Å². The number of nitrogens with two attached hydrogens (primary N) is 2. The first kappa shape index (κ1) is 12.2. The number of amides is 1. The fraction of sp³-hybridized carbons (Fsp3) is 0.364. The summed E-state index contributed by atoms with van der Waals surface area (Å²) in [7, 11) is 0. The molecule has 0 spiro atoms. The first-order valence-electron chi connectivity index (χ1n) is 5.71. The molecule has 7 nitrogen and oxygen atoms in total. The largest absolute Gasteiger partial charge is 0.397 e. The third-order valence-electron chi connectivity index (χ3n) is 2.61. The standard InChI is InChI=1S/C11H15N5O2/c12-7-4-5-8(11-10(7)15-18-16-11)14-6-2-1-3-9(13)17/h4-5,14H,1-3,6,12H2,(H2,13,17). The second-order valence-corrected chi connectivity index (χ2v) is 4.01. The van der Waals surface area contributed by atoms with Crippen LogP contribution in [0.5, 0.6) is 0 Å². The molecule has 2 aromatic rings. The van der Waals surface area contributed by atoms with E-state index < -0.39 is 0 Å². The van der Waals surface area contributed by atoms with Gasteiger partial charge in [-0.1, -0.05) is 0 Å². The van der Waals surface area contributed by atoms with E-state index in [0.29, 0.717) is 23.1 Å². The molecule has 0 radical (unpaired) electrons. The van der Waals surface area contributed by atoms with Crippen molar-refractivity contribution < 1.29 is 9.42 Å². The average molecular weight is 249 g/mol. The maximum atomic E-state index is 10.6. The Labute approximate surface area is 103 Å². The smallest absolute Gasteiger partial charge is 0.217 e. The summed E-state index contributed by atoms with van der Waals surface area (Å²) in [6.45, 7) is 0.721. The van der Waals surface area contributed by atoms with E-state index in [2.05, 4.69) is 20.3 Å². The Hall–Kier alpha value is -2.31. The van der Waals surface area contributed by atoms with Crippen LogP contribution in [-0.2, 0) is 4.79 Å². The Morgan fingerprint density at radius 2 is 2.06 bits per heavy atom. The number of rotatable bonds is 6. The van der Waals surface area contributed by atoms with Gasteiger partial charge in [0.25, 0.3) is 0 Å². The number of nitrogen functional groups attached to an aromatic ring is 1. The maximum Gasteiger partial charge on any atom is 0.217 e. The van der Waals surface area contributed by atoms with Crippen molar-refractivity contribution in [1.29, 1.82) is 0 Å². The zero-order valence-corrected chi connectivity index (χ0v) is 9.85. The molecule has 7 heteroatoms. The predicted molar refractivity (Wildman–Crippen MR) is 67.8 cm³/mol. The fourth-order valence-corrected chi connectivity index (χ4v) is 1.68. The summed E-state index contributed by atoms with van der Waals surface area (Å²) < 4.78 is 4.66. The molecule has 1 amide bonds. The van der Waals surface area contributed by atoms with Crippen molar-refractivity contribution in [3.05, 3.63) is 12.1 Å². The van der Waals surface area contributed by atoms with Gasteiger partial charge in [-0.15, -0.1) is 0 Å². The first-order valence-corrected chi connectivity index (χ1v) is 5.71. The van der Waals surface area contributed by atoms with E-state index in [0.717, 1.165) is 25.1 Å². The molecule has 0 saturated heterocycles. The van der Waals surface area contributed by atoms with Gasteiger partial charge in [0.05, 0.1) is 11.4 Å². The molecule has 5 N–H and O–H groups in total. The van der Waals surface area contributed by atoms with Crippen LogP contribution in [0.4, 0.5) is 11.4 Å². The zero-order valence-electron chi connectivity index (χ0n) is 9.85. The second kappa shape index (κ2) is 5.35. The van der Waals surface area contributed by atoms with Crippen molar-refractivity contribution >= 4 is 28.3 Å². The van der Waals surface area contributed by atoms with Crippen molar-refractivity contribution in [3.8, 4) is 0 Å². The molecule has 0 fully saturated rings. The SMILES string of the molecule is NC(=O)CCCCNc1ccc(N)c2nonc12. The van der Waals surface area contributed by atoms with Gasteiger partial charge in [-0.25, -0.2) is 4.63 Å². The van der Waals surface area contributed by atoms with E-state index in [1.807, 2.05) is 6.07 Å². The number of nitrogens with zero attached hydrogens (tertiary/aromatic N) is 2. The van der Waals surface area contributed by atoms with Crippen LogP contribution in [0.2, 0.25) is 0 Å². The van der Waals surface area contributed by atoms with Crippen molar-refractivity contribution in [2.24, 2.45) is 5.73 Å². The summed E-state index contributed by atoms with van der Waals surface area (Å²) in [5.41, 5.74) is 13.3.